The number of benzene rings is 2. The van der Waals surface area contributed by atoms with Crippen LogP contribution in [-0.2, 0) is 4.79 Å². The Balaban J connectivity index is 1.57. The molecular weight excluding hydrogens is 343 g/mol. The molecule has 0 spiro atoms. The molecule has 3 N–H and O–H groups in total. The molecule has 25 heavy (non-hydrogen) atoms. The quantitative estimate of drug-likeness (QED) is 0.626. The molecule has 6 nitrogen and oxygen atoms in total. The first-order valence-electron chi connectivity index (χ1n) is 7.51. The maximum Gasteiger partial charge on any atom is 0.272 e. The van der Waals surface area contributed by atoms with Gasteiger partial charge in [0.15, 0.2) is 5.13 Å². The first kappa shape index (κ1) is 16.8. The van der Waals surface area contributed by atoms with Crippen LogP contribution in [0.5, 0.6) is 0 Å². The standard InChI is InChI=1S/C17H15FN4O2S/c1-10(19-17-20-13-8-4-5-9-14(13)25-17)15(23)21-22-16(24)11-6-2-3-7-12(11)18/h2-10H,1H3,(H,19,20)(H,21,23)(H,22,24)/t10-/m0/s1. The molecule has 0 unspecified atom stereocenters. The molecule has 1 heterocycles. The summed E-state index contributed by atoms with van der Waals surface area (Å²) in [4.78, 5) is 28.3. The number of hydrogen-bond donors (Lipinski definition) is 3. The number of hydrogen-bond acceptors (Lipinski definition) is 5. The minimum absolute atomic E-state index is 0.144. The largest absolute Gasteiger partial charge is 0.350 e. The lowest BCUT2D eigenvalue weighted by molar-refractivity contribution is -0.122. The number of thiazole rings is 1. The number of carbonyl (C=O) groups excluding carboxylic acids is 2. The highest BCUT2D eigenvalue weighted by molar-refractivity contribution is 7.22. The number of nitrogens with zero attached hydrogens (tertiary/aromatic N) is 1. The van der Waals surface area contributed by atoms with E-state index in [4.69, 9.17) is 0 Å². The average molecular weight is 358 g/mol. The normalized spacial score (nSPS) is 11.8. The van der Waals surface area contributed by atoms with Gasteiger partial charge in [-0.25, -0.2) is 9.37 Å². The van der Waals surface area contributed by atoms with Crippen molar-refractivity contribution in [3.05, 3.63) is 59.9 Å². The highest BCUT2D eigenvalue weighted by Crippen LogP contribution is 2.25. The van der Waals surface area contributed by atoms with E-state index in [0.29, 0.717) is 5.13 Å². The van der Waals surface area contributed by atoms with Gasteiger partial charge in [0.1, 0.15) is 11.9 Å². The Kier molecular flexibility index (Phi) is 4.90. The summed E-state index contributed by atoms with van der Waals surface area (Å²) < 4.78 is 14.5. The SMILES string of the molecule is C[C@H](Nc1nc2ccccc2s1)C(=O)NNC(=O)c1ccccc1F. The van der Waals surface area contributed by atoms with Gasteiger partial charge < -0.3 is 5.32 Å². The molecule has 8 heteroatoms. The van der Waals surface area contributed by atoms with Gasteiger partial charge in [-0.3, -0.25) is 20.4 Å². The maximum absolute atomic E-state index is 13.5. The number of anilines is 1. The Morgan fingerprint density at radius 3 is 2.56 bits per heavy atom. The van der Waals surface area contributed by atoms with Gasteiger partial charge in [0.2, 0.25) is 0 Å². The van der Waals surface area contributed by atoms with Crippen LogP contribution in [0.1, 0.15) is 17.3 Å². The zero-order chi connectivity index (χ0) is 17.8. The van der Waals surface area contributed by atoms with Crippen molar-refractivity contribution in [1.82, 2.24) is 15.8 Å². The summed E-state index contributed by atoms with van der Waals surface area (Å²) in [6, 6.07) is 12.5. The van der Waals surface area contributed by atoms with Gasteiger partial charge in [-0.2, -0.15) is 0 Å². The number of carbonyl (C=O) groups is 2. The molecule has 0 fully saturated rings. The zero-order valence-electron chi connectivity index (χ0n) is 13.2. The van der Waals surface area contributed by atoms with Crippen molar-refractivity contribution in [3.8, 4) is 0 Å². The maximum atomic E-state index is 13.5. The molecule has 0 aliphatic rings. The van der Waals surface area contributed by atoms with Crippen LogP contribution in [0.25, 0.3) is 10.2 Å². The lowest BCUT2D eigenvalue weighted by Crippen LogP contribution is -2.47. The van der Waals surface area contributed by atoms with Crippen LogP contribution in [0.2, 0.25) is 0 Å². The van der Waals surface area contributed by atoms with Crippen LogP contribution >= 0.6 is 11.3 Å². The van der Waals surface area contributed by atoms with Crippen molar-refractivity contribution in [2.24, 2.45) is 0 Å². The predicted molar refractivity (Wildman–Crippen MR) is 94.7 cm³/mol. The molecule has 0 saturated heterocycles. The topological polar surface area (TPSA) is 83.1 Å². The summed E-state index contributed by atoms with van der Waals surface area (Å²) in [5, 5.41) is 3.58. The van der Waals surface area contributed by atoms with Crippen LogP contribution in [0.4, 0.5) is 9.52 Å². The van der Waals surface area contributed by atoms with E-state index in [9.17, 15) is 14.0 Å². The van der Waals surface area contributed by atoms with E-state index >= 15 is 0 Å². The number of rotatable bonds is 4. The second-order valence-electron chi connectivity index (χ2n) is 5.28. The van der Waals surface area contributed by atoms with Crippen molar-refractivity contribution < 1.29 is 14.0 Å². The van der Waals surface area contributed by atoms with Gasteiger partial charge in [0.25, 0.3) is 11.8 Å². The Hall–Kier alpha value is -3.00. The third kappa shape index (κ3) is 3.92. The fourth-order valence-corrected chi connectivity index (χ4v) is 3.08. The van der Waals surface area contributed by atoms with Gasteiger partial charge in [0, 0.05) is 0 Å². The minimum atomic E-state index is -0.723. The lowest BCUT2D eigenvalue weighted by Gasteiger charge is -2.14. The van der Waals surface area contributed by atoms with Gasteiger partial charge in [-0.1, -0.05) is 35.6 Å². The van der Waals surface area contributed by atoms with Crippen LogP contribution in [0, 0.1) is 5.82 Å². The average Bonchev–Trinajstić information content (AvgIpc) is 3.01. The molecule has 128 valence electrons. The van der Waals surface area contributed by atoms with E-state index in [-0.39, 0.29) is 5.56 Å². The van der Waals surface area contributed by atoms with Crippen LogP contribution in [0.3, 0.4) is 0 Å². The van der Waals surface area contributed by atoms with Crippen LogP contribution in [-0.4, -0.2) is 22.8 Å². The molecule has 0 radical (unpaired) electrons. The highest BCUT2D eigenvalue weighted by Gasteiger charge is 2.17. The molecule has 1 atom stereocenters. The highest BCUT2D eigenvalue weighted by atomic mass is 32.1. The molecular formula is C17H15FN4O2S. The van der Waals surface area contributed by atoms with E-state index in [1.165, 1.54) is 35.6 Å². The van der Waals surface area contributed by atoms with Crippen molar-refractivity contribution >= 4 is 38.5 Å². The summed E-state index contributed by atoms with van der Waals surface area (Å²) in [6.07, 6.45) is 0. The molecule has 2 amide bonds. The third-order valence-corrected chi connectivity index (χ3v) is 4.41. The number of fused-ring (bicyclic) bond motifs is 1. The molecule has 0 aliphatic heterocycles. The molecule has 3 rings (SSSR count). The zero-order valence-corrected chi connectivity index (χ0v) is 14.1. The summed E-state index contributed by atoms with van der Waals surface area (Å²) in [7, 11) is 0. The van der Waals surface area contributed by atoms with E-state index in [2.05, 4.69) is 21.2 Å². The van der Waals surface area contributed by atoms with E-state index in [0.717, 1.165) is 10.2 Å². The molecule has 0 saturated carbocycles. The number of amides is 2. The van der Waals surface area contributed by atoms with Crippen molar-refractivity contribution in [1.29, 1.82) is 0 Å². The van der Waals surface area contributed by atoms with E-state index in [1.807, 2.05) is 24.3 Å². The Morgan fingerprint density at radius 2 is 1.80 bits per heavy atom. The van der Waals surface area contributed by atoms with Crippen molar-refractivity contribution in [3.63, 3.8) is 0 Å². The van der Waals surface area contributed by atoms with Gasteiger partial charge in [-0.05, 0) is 31.2 Å². The Morgan fingerprint density at radius 1 is 1.08 bits per heavy atom. The van der Waals surface area contributed by atoms with Gasteiger partial charge in [-0.15, -0.1) is 0 Å². The van der Waals surface area contributed by atoms with E-state index < -0.39 is 23.7 Å². The van der Waals surface area contributed by atoms with Gasteiger partial charge >= 0.3 is 0 Å². The molecule has 0 aliphatic carbocycles. The number of para-hydroxylation sites is 1. The first-order chi connectivity index (χ1) is 12.0. The molecule has 3 aromatic rings. The second-order valence-corrected chi connectivity index (χ2v) is 6.31. The first-order valence-corrected chi connectivity index (χ1v) is 8.33. The van der Waals surface area contributed by atoms with Gasteiger partial charge in [0.05, 0.1) is 15.8 Å². The number of halogens is 1. The van der Waals surface area contributed by atoms with Crippen LogP contribution in [0.15, 0.2) is 48.5 Å². The summed E-state index contributed by atoms with van der Waals surface area (Å²) in [5.74, 6) is -1.85. The summed E-state index contributed by atoms with van der Waals surface area (Å²) in [5.41, 5.74) is 5.17. The Bertz CT molecular complexity index is 895. The van der Waals surface area contributed by atoms with Crippen molar-refractivity contribution in [2.75, 3.05) is 5.32 Å². The molecule has 0 bridgehead atoms. The molecule has 2 aromatic carbocycles. The Labute approximate surface area is 147 Å². The van der Waals surface area contributed by atoms with E-state index in [1.54, 1.807) is 6.92 Å². The minimum Gasteiger partial charge on any atom is -0.350 e. The summed E-state index contributed by atoms with van der Waals surface area (Å²) >= 11 is 1.43. The molecule has 1 aromatic heterocycles. The van der Waals surface area contributed by atoms with Crippen LogP contribution < -0.4 is 16.2 Å². The fourth-order valence-electron chi connectivity index (χ4n) is 2.12. The predicted octanol–water partition coefficient (Wildman–Crippen LogP) is 2.70. The second kappa shape index (κ2) is 7.27. The monoisotopic (exact) mass is 358 g/mol. The summed E-state index contributed by atoms with van der Waals surface area (Å²) in [6.45, 7) is 1.64. The number of nitrogens with one attached hydrogen (secondary N) is 3. The lowest BCUT2D eigenvalue weighted by atomic mass is 10.2. The third-order valence-electron chi connectivity index (χ3n) is 3.44. The number of hydrazine groups is 1. The van der Waals surface area contributed by atoms with Crippen molar-refractivity contribution in [2.45, 2.75) is 13.0 Å². The number of aromatic nitrogens is 1. The fraction of sp³-hybridized carbons (Fsp3) is 0.118. The smallest absolute Gasteiger partial charge is 0.272 e.